The third kappa shape index (κ3) is 4.67. The van der Waals surface area contributed by atoms with Gasteiger partial charge in [-0.2, -0.15) is 12.7 Å². The molecule has 0 spiro atoms. The first-order chi connectivity index (χ1) is 7.56. The third-order valence-electron chi connectivity index (χ3n) is 2.53. The fourth-order valence-electron chi connectivity index (χ4n) is 1.41. The van der Waals surface area contributed by atoms with E-state index in [1.54, 1.807) is 0 Å². The van der Waals surface area contributed by atoms with E-state index in [9.17, 15) is 8.42 Å². The van der Waals surface area contributed by atoms with Crippen molar-refractivity contribution in [1.29, 1.82) is 0 Å². The number of hydrogen-bond acceptors (Lipinski definition) is 3. The topological polar surface area (TPSA) is 58.6 Å². The fourth-order valence-corrected chi connectivity index (χ4v) is 3.50. The van der Waals surface area contributed by atoms with Gasteiger partial charge in [0.1, 0.15) is 0 Å². The van der Waals surface area contributed by atoms with Gasteiger partial charge in [0.15, 0.2) is 0 Å². The number of ether oxygens (including phenoxy) is 1. The molecule has 1 heterocycles. The Morgan fingerprint density at radius 1 is 1.44 bits per heavy atom. The molecule has 5 nitrogen and oxygen atoms in total. The molecule has 0 amide bonds. The summed E-state index contributed by atoms with van der Waals surface area (Å²) in [6.45, 7) is 4.38. The number of nitrogens with zero attached hydrogens (tertiary/aromatic N) is 1. The molecule has 1 fully saturated rings. The smallest absolute Gasteiger partial charge is 0.279 e. The summed E-state index contributed by atoms with van der Waals surface area (Å²) in [5.74, 6) is 0.343. The quantitative estimate of drug-likeness (QED) is 0.729. The Kier molecular flexibility index (Phi) is 6.20. The normalized spacial score (nSPS) is 20.9. The van der Waals surface area contributed by atoms with Crippen LogP contribution in [0.15, 0.2) is 0 Å². The SMILES string of the molecule is CC(CCBr)CNS(=O)(=O)N1CCOCC1. The van der Waals surface area contributed by atoms with Crippen molar-refractivity contribution in [1.82, 2.24) is 9.03 Å². The zero-order chi connectivity index (χ0) is 12.0. The summed E-state index contributed by atoms with van der Waals surface area (Å²) in [5, 5.41) is 0.896. The van der Waals surface area contributed by atoms with Gasteiger partial charge >= 0.3 is 0 Å². The van der Waals surface area contributed by atoms with Crippen LogP contribution in [0, 0.1) is 5.92 Å². The molecule has 1 rings (SSSR count). The van der Waals surface area contributed by atoms with E-state index in [0.29, 0.717) is 38.8 Å². The van der Waals surface area contributed by atoms with E-state index < -0.39 is 10.2 Å². The Bertz CT molecular complexity index is 291. The molecule has 0 aromatic carbocycles. The molecule has 1 atom stereocenters. The number of morpholine rings is 1. The van der Waals surface area contributed by atoms with Gasteiger partial charge in [-0.1, -0.05) is 22.9 Å². The highest BCUT2D eigenvalue weighted by molar-refractivity contribution is 9.09. The summed E-state index contributed by atoms with van der Waals surface area (Å²) in [4.78, 5) is 0. The van der Waals surface area contributed by atoms with Gasteiger partial charge in [0, 0.05) is 25.0 Å². The minimum Gasteiger partial charge on any atom is -0.379 e. The molecule has 7 heteroatoms. The van der Waals surface area contributed by atoms with Crippen LogP contribution in [0.3, 0.4) is 0 Å². The Balaban J connectivity index is 2.38. The lowest BCUT2D eigenvalue weighted by Gasteiger charge is -2.26. The molecular weight excluding hydrogens is 296 g/mol. The molecule has 0 saturated carbocycles. The summed E-state index contributed by atoms with van der Waals surface area (Å²) < 4.78 is 32.9. The number of nitrogens with one attached hydrogen (secondary N) is 1. The predicted molar refractivity (Wildman–Crippen MR) is 66.9 cm³/mol. The maximum atomic E-state index is 11.8. The molecule has 0 radical (unpaired) electrons. The Hall–Kier alpha value is 0.310. The van der Waals surface area contributed by atoms with Crippen molar-refractivity contribution in [2.75, 3.05) is 38.2 Å². The second kappa shape index (κ2) is 6.90. The molecule has 1 aliphatic heterocycles. The minimum absolute atomic E-state index is 0.343. The highest BCUT2D eigenvalue weighted by Crippen LogP contribution is 2.06. The molecule has 1 unspecified atom stereocenters. The van der Waals surface area contributed by atoms with Crippen LogP contribution in [-0.2, 0) is 14.9 Å². The molecule has 0 bridgehead atoms. The lowest BCUT2D eigenvalue weighted by atomic mass is 10.1. The Labute approximate surface area is 106 Å². The van der Waals surface area contributed by atoms with Crippen LogP contribution < -0.4 is 4.72 Å². The summed E-state index contributed by atoms with van der Waals surface area (Å²) in [7, 11) is -3.31. The Morgan fingerprint density at radius 2 is 2.06 bits per heavy atom. The van der Waals surface area contributed by atoms with E-state index in [4.69, 9.17) is 4.74 Å². The average molecular weight is 315 g/mol. The van der Waals surface area contributed by atoms with Crippen molar-refractivity contribution in [3.63, 3.8) is 0 Å². The van der Waals surface area contributed by atoms with Gasteiger partial charge in [0.05, 0.1) is 13.2 Å². The number of alkyl halides is 1. The van der Waals surface area contributed by atoms with Gasteiger partial charge in [-0.15, -0.1) is 0 Å². The maximum absolute atomic E-state index is 11.8. The first-order valence-electron chi connectivity index (χ1n) is 5.44. The summed E-state index contributed by atoms with van der Waals surface area (Å²) >= 11 is 3.34. The lowest BCUT2D eigenvalue weighted by Crippen LogP contribution is -2.47. The van der Waals surface area contributed by atoms with E-state index in [0.717, 1.165) is 11.8 Å². The predicted octanol–water partition coefficient (Wildman–Crippen LogP) is 0.574. The van der Waals surface area contributed by atoms with E-state index >= 15 is 0 Å². The van der Waals surface area contributed by atoms with Crippen LogP contribution in [0.2, 0.25) is 0 Å². The molecule has 96 valence electrons. The highest BCUT2D eigenvalue weighted by Gasteiger charge is 2.23. The van der Waals surface area contributed by atoms with Crippen LogP contribution in [0.5, 0.6) is 0 Å². The molecule has 0 aromatic heterocycles. The van der Waals surface area contributed by atoms with Crippen LogP contribution >= 0.6 is 15.9 Å². The first kappa shape index (κ1) is 14.4. The molecule has 1 N–H and O–H groups in total. The second-order valence-electron chi connectivity index (χ2n) is 3.95. The average Bonchev–Trinajstić information content (AvgIpc) is 2.28. The molecule has 16 heavy (non-hydrogen) atoms. The first-order valence-corrected chi connectivity index (χ1v) is 8.01. The standard InChI is InChI=1S/C9H19BrN2O3S/c1-9(2-3-10)8-11-16(13,14)12-4-6-15-7-5-12/h9,11H,2-8H2,1H3. The van der Waals surface area contributed by atoms with Gasteiger partial charge in [0.25, 0.3) is 10.2 Å². The zero-order valence-electron chi connectivity index (χ0n) is 9.49. The van der Waals surface area contributed by atoms with Crippen molar-refractivity contribution in [3.05, 3.63) is 0 Å². The van der Waals surface area contributed by atoms with Crippen LogP contribution in [0.4, 0.5) is 0 Å². The largest absolute Gasteiger partial charge is 0.379 e. The number of hydrogen-bond donors (Lipinski definition) is 1. The molecule has 0 aliphatic carbocycles. The molecule has 0 aromatic rings. The Morgan fingerprint density at radius 3 is 2.62 bits per heavy atom. The summed E-state index contributed by atoms with van der Waals surface area (Å²) in [6.07, 6.45) is 0.964. The van der Waals surface area contributed by atoms with Crippen LogP contribution in [-0.4, -0.2) is 50.9 Å². The van der Waals surface area contributed by atoms with E-state index in [1.807, 2.05) is 6.92 Å². The summed E-state index contributed by atoms with van der Waals surface area (Å²) in [5.41, 5.74) is 0. The zero-order valence-corrected chi connectivity index (χ0v) is 11.9. The second-order valence-corrected chi connectivity index (χ2v) is 6.50. The number of halogens is 1. The summed E-state index contributed by atoms with van der Waals surface area (Å²) in [6, 6.07) is 0. The molecule has 1 aliphatic rings. The van der Waals surface area contributed by atoms with Crippen molar-refractivity contribution >= 4 is 26.1 Å². The van der Waals surface area contributed by atoms with Gasteiger partial charge in [-0.05, 0) is 12.3 Å². The maximum Gasteiger partial charge on any atom is 0.279 e. The monoisotopic (exact) mass is 314 g/mol. The van der Waals surface area contributed by atoms with E-state index in [2.05, 4.69) is 20.7 Å². The highest BCUT2D eigenvalue weighted by atomic mass is 79.9. The van der Waals surface area contributed by atoms with Gasteiger partial charge < -0.3 is 4.74 Å². The van der Waals surface area contributed by atoms with Crippen molar-refractivity contribution < 1.29 is 13.2 Å². The van der Waals surface area contributed by atoms with Crippen LogP contribution in [0.25, 0.3) is 0 Å². The minimum atomic E-state index is -3.31. The molecule has 1 saturated heterocycles. The van der Waals surface area contributed by atoms with Crippen molar-refractivity contribution in [2.45, 2.75) is 13.3 Å². The van der Waals surface area contributed by atoms with Gasteiger partial charge in [-0.3, -0.25) is 0 Å². The van der Waals surface area contributed by atoms with Gasteiger partial charge in [0.2, 0.25) is 0 Å². The van der Waals surface area contributed by atoms with E-state index in [-0.39, 0.29) is 0 Å². The number of rotatable bonds is 6. The van der Waals surface area contributed by atoms with E-state index in [1.165, 1.54) is 4.31 Å². The van der Waals surface area contributed by atoms with Gasteiger partial charge in [-0.25, -0.2) is 4.72 Å². The third-order valence-corrected chi connectivity index (χ3v) is 4.56. The fraction of sp³-hybridized carbons (Fsp3) is 1.00. The van der Waals surface area contributed by atoms with Crippen molar-refractivity contribution in [2.24, 2.45) is 5.92 Å². The van der Waals surface area contributed by atoms with Crippen LogP contribution in [0.1, 0.15) is 13.3 Å². The lowest BCUT2D eigenvalue weighted by molar-refractivity contribution is 0.0724. The molecular formula is C9H19BrN2O3S. The van der Waals surface area contributed by atoms with Crippen molar-refractivity contribution in [3.8, 4) is 0 Å².